The van der Waals surface area contributed by atoms with Gasteiger partial charge in [0.05, 0.1) is 30.7 Å². The molecular formula is C24H24ClN3O3S2. The summed E-state index contributed by atoms with van der Waals surface area (Å²) in [6, 6.07) is 18.9. The van der Waals surface area contributed by atoms with Crippen molar-refractivity contribution in [3.8, 4) is 11.5 Å². The highest BCUT2D eigenvalue weighted by Gasteiger charge is 2.13. The van der Waals surface area contributed by atoms with Gasteiger partial charge >= 0.3 is 0 Å². The molecule has 0 unspecified atom stereocenters. The Kier molecular flexibility index (Phi) is 8.82. The number of hydrogen-bond acceptors (Lipinski definition) is 5. The molecule has 0 bridgehead atoms. The first kappa shape index (κ1) is 24.7. The summed E-state index contributed by atoms with van der Waals surface area (Å²) in [5.74, 6) is 0.965. The first-order chi connectivity index (χ1) is 15.9. The number of anilines is 3. The summed E-state index contributed by atoms with van der Waals surface area (Å²) < 4.78 is 10.5. The Hall–Kier alpha value is -2.94. The van der Waals surface area contributed by atoms with Crippen LogP contribution in [0.25, 0.3) is 0 Å². The van der Waals surface area contributed by atoms with Crippen molar-refractivity contribution in [2.24, 2.45) is 0 Å². The molecule has 0 saturated heterocycles. The van der Waals surface area contributed by atoms with Gasteiger partial charge in [0.15, 0.2) is 5.11 Å². The average Bonchev–Trinajstić information content (AvgIpc) is 2.79. The minimum absolute atomic E-state index is 0.186. The molecule has 0 fully saturated rings. The number of methoxy groups -OCH3 is 2. The molecule has 0 spiro atoms. The van der Waals surface area contributed by atoms with Crippen LogP contribution in [0.2, 0.25) is 5.02 Å². The summed E-state index contributed by atoms with van der Waals surface area (Å²) >= 11 is 13.0. The molecule has 3 aromatic carbocycles. The van der Waals surface area contributed by atoms with Crippen LogP contribution >= 0.6 is 35.6 Å². The number of amides is 1. The van der Waals surface area contributed by atoms with E-state index in [4.69, 9.17) is 33.3 Å². The Labute approximate surface area is 208 Å². The largest absolute Gasteiger partial charge is 0.495 e. The lowest BCUT2D eigenvalue weighted by Gasteiger charge is -2.13. The van der Waals surface area contributed by atoms with Crippen LogP contribution in [-0.2, 0) is 4.79 Å². The molecule has 0 atom stereocenters. The lowest BCUT2D eigenvalue weighted by atomic mass is 10.2. The smallest absolute Gasteiger partial charge is 0.234 e. The van der Waals surface area contributed by atoms with E-state index >= 15 is 0 Å². The van der Waals surface area contributed by atoms with E-state index in [-0.39, 0.29) is 11.7 Å². The second-order valence-electron chi connectivity index (χ2n) is 7.00. The van der Waals surface area contributed by atoms with E-state index in [0.717, 1.165) is 16.3 Å². The predicted octanol–water partition coefficient (Wildman–Crippen LogP) is 6.21. The highest BCUT2D eigenvalue weighted by molar-refractivity contribution is 8.00. The summed E-state index contributed by atoms with van der Waals surface area (Å²) in [4.78, 5) is 13.4. The number of rotatable bonds is 8. The third kappa shape index (κ3) is 7.28. The fraction of sp³-hybridized carbons (Fsp3) is 0.167. The third-order valence-electron chi connectivity index (χ3n) is 4.52. The Balaban J connectivity index is 1.56. The van der Waals surface area contributed by atoms with Crippen molar-refractivity contribution >= 4 is 63.7 Å². The first-order valence-electron chi connectivity index (χ1n) is 9.97. The lowest BCUT2D eigenvalue weighted by molar-refractivity contribution is -0.113. The van der Waals surface area contributed by atoms with Crippen molar-refractivity contribution in [1.29, 1.82) is 0 Å². The topological polar surface area (TPSA) is 71.6 Å². The van der Waals surface area contributed by atoms with Crippen molar-refractivity contribution in [2.45, 2.75) is 11.8 Å². The van der Waals surface area contributed by atoms with E-state index in [0.29, 0.717) is 27.3 Å². The molecule has 0 aliphatic rings. The third-order valence-corrected chi connectivity index (χ3v) is 6.01. The van der Waals surface area contributed by atoms with Crippen molar-refractivity contribution in [3.63, 3.8) is 0 Å². The number of thioether (sulfide) groups is 1. The average molecular weight is 502 g/mol. The Morgan fingerprint density at radius 2 is 1.64 bits per heavy atom. The van der Waals surface area contributed by atoms with Gasteiger partial charge in [0.25, 0.3) is 0 Å². The van der Waals surface area contributed by atoms with E-state index in [2.05, 4.69) is 16.0 Å². The van der Waals surface area contributed by atoms with Gasteiger partial charge in [0.2, 0.25) is 5.91 Å². The number of carbonyl (C=O) groups excluding carboxylic acids is 1. The Morgan fingerprint density at radius 1 is 0.939 bits per heavy atom. The lowest BCUT2D eigenvalue weighted by Crippen LogP contribution is -2.19. The predicted molar refractivity (Wildman–Crippen MR) is 141 cm³/mol. The molecule has 0 aliphatic carbocycles. The van der Waals surface area contributed by atoms with Gasteiger partial charge in [-0.3, -0.25) is 4.79 Å². The van der Waals surface area contributed by atoms with Gasteiger partial charge in [-0.2, -0.15) is 0 Å². The van der Waals surface area contributed by atoms with Crippen LogP contribution in [0.3, 0.4) is 0 Å². The first-order valence-corrected chi connectivity index (χ1v) is 11.7. The van der Waals surface area contributed by atoms with Gasteiger partial charge in [-0.25, -0.2) is 0 Å². The monoisotopic (exact) mass is 501 g/mol. The number of hydrogen-bond donors (Lipinski definition) is 3. The van der Waals surface area contributed by atoms with E-state index < -0.39 is 0 Å². The van der Waals surface area contributed by atoms with Crippen LogP contribution in [0.1, 0.15) is 5.56 Å². The number of ether oxygens (including phenoxy) is 2. The molecule has 3 rings (SSSR count). The summed E-state index contributed by atoms with van der Waals surface area (Å²) in [5.41, 5.74) is 3.40. The maximum absolute atomic E-state index is 12.5. The molecule has 0 saturated carbocycles. The quantitative estimate of drug-likeness (QED) is 0.250. The zero-order valence-corrected chi connectivity index (χ0v) is 20.8. The van der Waals surface area contributed by atoms with Gasteiger partial charge in [-0.15, -0.1) is 11.8 Å². The van der Waals surface area contributed by atoms with Gasteiger partial charge in [-0.1, -0.05) is 35.4 Å². The van der Waals surface area contributed by atoms with Gasteiger partial charge < -0.3 is 25.4 Å². The van der Waals surface area contributed by atoms with E-state index in [9.17, 15) is 4.79 Å². The summed E-state index contributed by atoms with van der Waals surface area (Å²) in [7, 11) is 3.04. The van der Waals surface area contributed by atoms with Crippen LogP contribution in [0.5, 0.6) is 11.5 Å². The fourth-order valence-corrected chi connectivity index (χ4v) is 4.12. The van der Waals surface area contributed by atoms with Crippen molar-refractivity contribution in [3.05, 3.63) is 71.2 Å². The molecule has 33 heavy (non-hydrogen) atoms. The molecule has 6 nitrogen and oxygen atoms in total. The van der Waals surface area contributed by atoms with Crippen LogP contribution in [0, 0.1) is 6.92 Å². The minimum Gasteiger partial charge on any atom is -0.495 e. The molecule has 0 radical (unpaired) electrons. The Bertz CT molecular complexity index is 1140. The number of aryl methyl sites for hydroxylation is 1. The fourth-order valence-electron chi connectivity index (χ4n) is 2.89. The highest BCUT2D eigenvalue weighted by atomic mass is 35.5. The minimum atomic E-state index is -0.186. The van der Waals surface area contributed by atoms with Crippen LogP contribution in [-0.4, -0.2) is 31.0 Å². The maximum atomic E-state index is 12.5. The summed E-state index contributed by atoms with van der Waals surface area (Å²) in [5, 5.41) is 10.0. The molecule has 172 valence electrons. The summed E-state index contributed by atoms with van der Waals surface area (Å²) in [6.07, 6.45) is 0. The van der Waals surface area contributed by atoms with Crippen LogP contribution in [0.15, 0.2) is 65.6 Å². The standard InChI is InChI=1S/C24H24ClN3O3S2/c1-15-7-9-16(10-8-15)26-24(32)27-17-5-4-6-18(11-17)33-14-23(29)28-20-12-19(25)21(30-2)13-22(20)31-3/h4-13H,14H2,1-3H3,(H,28,29)(H2,26,27,32). The van der Waals surface area contributed by atoms with Crippen molar-refractivity contribution in [2.75, 3.05) is 35.9 Å². The zero-order chi connectivity index (χ0) is 23.8. The summed E-state index contributed by atoms with van der Waals surface area (Å²) in [6.45, 7) is 2.03. The molecule has 3 aromatic rings. The number of carbonyl (C=O) groups is 1. The highest BCUT2D eigenvalue weighted by Crippen LogP contribution is 2.36. The molecule has 0 aliphatic heterocycles. The SMILES string of the molecule is COc1cc(OC)c(NC(=O)CSc2cccc(NC(=S)Nc3ccc(C)cc3)c2)cc1Cl. The molecule has 0 aromatic heterocycles. The van der Waals surface area contributed by atoms with Gasteiger partial charge in [0, 0.05) is 22.3 Å². The second kappa shape index (κ2) is 11.8. The van der Waals surface area contributed by atoms with Crippen LogP contribution < -0.4 is 25.4 Å². The molecular weight excluding hydrogens is 478 g/mol. The molecule has 3 N–H and O–H groups in total. The van der Waals surface area contributed by atoms with Crippen molar-refractivity contribution < 1.29 is 14.3 Å². The second-order valence-corrected chi connectivity index (χ2v) is 8.86. The number of halogens is 1. The number of benzene rings is 3. The normalized spacial score (nSPS) is 10.3. The maximum Gasteiger partial charge on any atom is 0.234 e. The van der Waals surface area contributed by atoms with E-state index in [1.54, 1.807) is 12.1 Å². The molecule has 0 heterocycles. The molecule has 9 heteroatoms. The van der Waals surface area contributed by atoms with Gasteiger partial charge in [0.1, 0.15) is 11.5 Å². The van der Waals surface area contributed by atoms with Crippen molar-refractivity contribution in [1.82, 2.24) is 0 Å². The Morgan fingerprint density at radius 3 is 2.33 bits per heavy atom. The zero-order valence-electron chi connectivity index (χ0n) is 18.4. The van der Waals surface area contributed by atoms with E-state index in [1.165, 1.54) is 31.5 Å². The van der Waals surface area contributed by atoms with Gasteiger partial charge in [-0.05, 0) is 55.5 Å². The number of thiocarbonyl (C=S) groups is 1. The molecule has 1 amide bonds. The van der Waals surface area contributed by atoms with E-state index in [1.807, 2.05) is 55.5 Å². The van der Waals surface area contributed by atoms with Crippen LogP contribution in [0.4, 0.5) is 17.1 Å². The number of nitrogens with one attached hydrogen (secondary N) is 3.